The van der Waals surface area contributed by atoms with Crippen molar-refractivity contribution >= 4 is 21.8 Å². The van der Waals surface area contributed by atoms with Crippen molar-refractivity contribution in [1.29, 1.82) is 0 Å². The molecule has 1 N–H and O–H groups in total. The number of sulfonamides is 1. The summed E-state index contributed by atoms with van der Waals surface area (Å²) in [5.74, 6) is 0.0102. The zero-order valence-corrected chi connectivity index (χ0v) is 18.1. The molecule has 2 aliphatic heterocycles. The van der Waals surface area contributed by atoms with Gasteiger partial charge in [-0.1, -0.05) is 6.07 Å². The van der Waals surface area contributed by atoms with Gasteiger partial charge in [-0.2, -0.15) is 0 Å². The minimum absolute atomic E-state index is 0.0232. The summed E-state index contributed by atoms with van der Waals surface area (Å²) in [6, 6.07) is 6.27. The fraction of sp³-hybridized carbons (Fsp3) is 0.619. The highest BCUT2D eigenvalue weighted by molar-refractivity contribution is 7.89. The Kier molecular flexibility index (Phi) is 6.40. The van der Waals surface area contributed by atoms with Crippen molar-refractivity contribution in [1.82, 2.24) is 19.4 Å². The number of hydrogen-bond acceptors (Lipinski definition) is 5. The predicted molar refractivity (Wildman–Crippen MR) is 113 cm³/mol. The quantitative estimate of drug-likeness (QED) is 0.719. The Morgan fingerprint density at radius 3 is 2.30 bits per heavy atom. The van der Waals surface area contributed by atoms with Crippen LogP contribution in [0.5, 0.6) is 0 Å². The lowest BCUT2D eigenvalue weighted by atomic mass is 10.1. The summed E-state index contributed by atoms with van der Waals surface area (Å²) in [6.07, 6.45) is 5.09. The molecule has 0 radical (unpaired) electrons. The monoisotopic (exact) mass is 434 g/mol. The Morgan fingerprint density at radius 2 is 1.63 bits per heavy atom. The van der Waals surface area contributed by atoms with Crippen molar-refractivity contribution in [3.63, 3.8) is 0 Å². The van der Waals surface area contributed by atoms with E-state index in [9.17, 15) is 18.0 Å². The van der Waals surface area contributed by atoms with Gasteiger partial charge in [0.25, 0.3) is 5.91 Å². The maximum Gasteiger partial charge on any atom is 0.253 e. The van der Waals surface area contributed by atoms with Crippen LogP contribution in [0.2, 0.25) is 0 Å². The molecule has 30 heavy (non-hydrogen) atoms. The second-order valence-corrected chi connectivity index (χ2v) is 10.1. The molecule has 0 bridgehead atoms. The molecule has 0 unspecified atom stereocenters. The molecule has 3 fully saturated rings. The molecule has 1 aromatic carbocycles. The van der Waals surface area contributed by atoms with Crippen molar-refractivity contribution in [2.24, 2.45) is 0 Å². The largest absolute Gasteiger partial charge is 0.342 e. The first kappa shape index (κ1) is 21.3. The summed E-state index contributed by atoms with van der Waals surface area (Å²) in [5.41, 5.74) is 0.381. The summed E-state index contributed by atoms with van der Waals surface area (Å²) in [4.78, 5) is 31.3. The summed E-state index contributed by atoms with van der Waals surface area (Å²) >= 11 is 0. The van der Waals surface area contributed by atoms with Crippen LogP contribution < -0.4 is 4.72 Å². The summed E-state index contributed by atoms with van der Waals surface area (Å²) in [5, 5.41) is 0. The zero-order chi connectivity index (χ0) is 21.1. The van der Waals surface area contributed by atoms with Crippen LogP contribution in [0, 0.1) is 0 Å². The Hall–Kier alpha value is -1.97. The van der Waals surface area contributed by atoms with Crippen LogP contribution in [0.4, 0.5) is 0 Å². The van der Waals surface area contributed by atoms with E-state index in [1.807, 2.05) is 4.90 Å². The highest BCUT2D eigenvalue weighted by Gasteiger charge is 2.29. The van der Waals surface area contributed by atoms with E-state index < -0.39 is 10.0 Å². The van der Waals surface area contributed by atoms with Crippen LogP contribution in [0.3, 0.4) is 0 Å². The number of amides is 2. The molecule has 1 saturated carbocycles. The number of hydrogen-bond donors (Lipinski definition) is 1. The first-order chi connectivity index (χ1) is 14.4. The molecule has 0 atom stereocenters. The van der Waals surface area contributed by atoms with E-state index >= 15 is 0 Å². The van der Waals surface area contributed by atoms with Crippen molar-refractivity contribution in [2.75, 3.05) is 45.8 Å². The van der Waals surface area contributed by atoms with Crippen molar-refractivity contribution in [3.05, 3.63) is 29.8 Å². The lowest BCUT2D eigenvalue weighted by Gasteiger charge is -2.36. The summed E-state index contributed by atoms with van der Waals surface area (Å²) in [7, 11) is -3.59. The van der Waals surface area contributed by atoms with Crippen molar-refractivity contribution in [2.45, 2.75) is 43.0 Å². The second-order valence-electron chi connectivity index (χ2n) is 8.43. The number of nitrogens with one attached hydrogen (secondary N) is 1. The molecule has 1 aromatic rings. The number of rotatable bonds is 6. The third-order valence-electron chi connectivity index (χ3n) is 6.02. The number of likely N-dealkylation sites (tertiary alicyclic amines) is 1. The van der Waals surface area contributed by atoms with Crippen LogP contribution in [-0.4, -0.2) is 86.8 Å². The van der Waals surface area contributed by atoms with Crippen LogP contribution >= 0.6 is 0 Å². The van der Waals surface area contributed by atoms with E-state index in [2.05, 4.69) is 9.62 Å². The number of nitrogens with zero attached hydrogens (tertiary/aromatic N) is 3. The molecule has 9 heteroatoms. The fourth-order valence-corrected chi connectivity index (χ4v) is 5.36. The third-order valence-corrected chi connectivity index (χ3v) is 7.54. The average Bonchev–Trinajstić information content (AvgIpc) is 3.58. The Labute approximate surface area is 178 Å². The maximum atomic E-state index is 12.9. The minimum atomic E-state index is -3.59. The number of carbonyl (C=O) groups excluding carboxylic acids is 2. The van der Waals surface area contributed by atoms with Gasteiger partial charge < -0.3 is 9.80 Å². The van der Waals surface area contributed by atoms with E-state index in [4.69, 9.17) is 0 Å². The average molecular weight is 435 g/mol. The van der Waals surface area contributed by atoms with E-state index in [1.165, 1.54) is 18.6 Å². The maximum absolute atomic E-state index is 12.9. The smallest absolute Gasteiger partial charge is 0.253 e. The molecule has 164 valence electrons. The molecule has 2 heterocycles. The van der Waals surface area contributed by atoms with Crippen LogP contribution in [0.15, 0.2) is 29.2 Å². The fourth-order valence-electron chi connectivity index (χ4n) is 4.01. The Balaban J connectivity index is 1.32. The molecule has 2 amide bonds. The molecule has 0 spiro atoms. The number of benzene rings is 1. The predicted octanol–water partition coefficient (Wildman–Crippen LogP) is 0.898. The van der Waals surface area contributed by atoms with Gasteiger partial charge >= 0.3 is 0 Å². The topological polar surface area (TPSA) is 90.0 Å². The van der Waals surface area contributed by atoms with Gasteiger partial charge in [-0.15, -0.1) is 0 Å². The van der Waals surface area contributed by atoms with Crippen LogP contribution in [0.25, 0.3) is 0 Å². The van der Waals surface area contributed by atoms with Crippen LogP contribution in [0.1, 0.15) is 42.5 Å². The van der Waals surface area contributed by atoms with Crippen molar-refractivity contribution < 1.29 is 18.0 Å². The molecule has 3 aliphatic rings. The molecule has 8 nitrogen and oxygen atoms in total. The molecule has 4 rings (SSSR count). The lowest BCUT2D eigenvalue weighted by Crippen LogP contribution is -2.52. The summed E-state index contributed by atoms with van der Waals surface area (Å²) in [6.45, 7) is 4.47. The van der Waals surface area contributed by atoms with E-state index in [0.717, 1.165) is 38.8 Å². The van der Waals surface area contributed by atoms with Gasteiger partial charge in [0.2, 0.25) is 15.9 Å². The molecule has 2 saturated heterocycles. The van der Waals surface area contributed by atoms with Crippen LogP contribution in [-0.2, 0) is 14.8 Å². The minimum Gasteiger partial charge on any atom is -0.342 e. The standard InChI is InChI=1S/C21H30N4O4S/c26-20(24-9-2-1-3-10-24)16-23-11-13-25(14-12-23)21(27)17-5-4-6-19(15-17)30(28,29)22-18-7-8-18/h4-6,15,18,22H,1-3,7-14,16H2. The SMILES string of the molecule is O=C(CN1CCN(C(=O)c2cccc(S(=O)(=O)NC3CC3)c2)CC1)N1CCCCC1. The van der Waals surface area contributed by atoms with Gasteiger partial charge in [-0.3, -0.25) is 14.5 Å². The van der Waals surface area contributed by atoms with E-state index in [-0.39, 0.29) is 22.8 Å². The molecular weight excluding hydrogens is 404 g/mol. The number of piperazine rings is 1. The van der Waals surface area contributed by atoms with E-state index in [1.54, 1.807) is 17.0 Å². The third kappa shape index (κ3) is 5.19. The molecular formula is C21H30N4O4S. The van der Waals surface area contributed by atoms with Gasteiger partial charge in [-0.25, -0.2) is 13.1 Å². The van der Waals surface area contributed by atoms with Crippen molar-refractivity contribution in [3.8, 4) is 0 Å². The van der Waals surface area contributed by atoms with Gasteiger partial charge in [0.1, 0.15) is 0 Å². The highest BCUT2D eigenvalue weighted by Crippen LogP contribution is 2.23. The first-order valence-electron chi connectivity index (χ1n) is 10.8. The van der Waals surface area contributed by atoms with E-state index in [0.29, 0.717) is 38.3 Å². The lowest BCUT2D eigenvalue weighted by molar-refractivity contribution is -0.133. The summed E-state index contributed by atoms with van der Waals surface area (Å²) < 4.78 is 27.5. The molecule has 0 aromatic heterocycles. The highest BCUT2D eigenvalue weighted by atomic mass is 32.2. The van der Waals surface area contributed by atoms with Gasteiger partial charge in [0, 0.05) is 50.9 Å². The second kappa shape index (κ2) is 9.03. The number of piperidine rings is 1. The Bertz CT molecular complexity index is 886. The normalized spacial score (nSPS) is 20.9. The zero-order valence-electron chi connectivity index (χ0n) is 17.3. The van der Waals surface area contributed by atoms with Gasteiger partial charge in [-0.05, 0) is 50.3 Å². The Morgan fingerprint density at radius 1 is 0.933 bits per heavy atom. The van der Waals surface area contributed by atoms with Gasteiger partial charge in [0.15, 0.2) is 0 Å². The molecule has 1 aliphatic carbocycles. The van der Waals surface area contributed by atoms with Gasteiger partial charge in [0.05, 0.1) is 11.4 Å². The first-order valence-corrected chi connectivity index (χ1v) is 12.3. The number of carbonyl (C=O) groups is 2.